The van der Waals surface area contributed by atoms with Crippen LogP contribution >= 0.6 is 11.5 Å². The molecule has 0 saturated carbocycles. The van der Waals surface area contributed by atoms with E-state index in [-0.39, 0.29) is 28.2 Å². The summed E-state index contributed by atoms with van der Waals surface area (Å²) < 4.78 is 51.7. The van der Waals surface area contributed by atoms with Gasteiger partial charge in [0.15, 0.2) is 0 Å². The summed E-state index contributed by atoms with van der Waals surface area (Å²) in [7, 11) is 0. The second kappa shape index (κ2) is 6.37. The van der Waals surface area contributed by atoms with Crippen LogP contribution in [0.25, 0.3) is 10.4 Å². The number of benzene rings is 2. The molecule has 1 unspecified atom stereocenters. The van der Waals surface area contributed by atoms with Crippen molar-refractivity contribution in [2.24, 2.45) is 0 Å². The minimum Gasteiger partial charge on any atom is -0.457 e. The monoisotopic (exact) mass is 388 g/mol. The highest BCUT2D eigenvalue weighted by atomic mass is 32.1. The van der Waals surface area contributed by atoms with Gasteiger partial charge in [-0.05, 0) is 47.4 Å². The molecule has 1 atom stereocenters. The SMILES string of the molecule is N#Cc1cc(F)cc(Oc2ccc(-c3ccns3)c3c2CC(F)(F)C3O)c1. The number of fused-ring (bicyclic) bond motifs is 1. The number of nitrogens with zero attached hydrogens (tertiary/aromatic N) is 2. The number of rotatable bonds is 3. The van der Waals surface area contributed by atoms with E-state index in [0.29, 0.717) is 10.4 Å². The zero-order valence-electron chi connectivity index (χ0n) is 13.6. The van der Waals surface area contributed by atoms with E-state index in [1.165, 1.54) is 12.1 Å². The van der Waals surface area contributed by atoms with Crippen molar-refractivity contribution in [1.29, 1.82) is 5.26 Å². The van der Waals surface area contributed by atoms with Crippen molar-refractivity contribution < 1.29 is 23.0 Å². The number of aliphatic hydroxyl groups is 1. The number of aliphatic hydroxyl groups excluding tert-OH is 1. The summed E-state index contributed by atoms with van der Waals surface area (Å²) in [6, 6.07) is 9.97. The van der Waals surface area contributed by atoms with Gasteiger partial charge in [-0.25, -0.2) is 17.5 Å². The molecule has 3 aromatic rings. The molecule has 0 spiro atoms. The van der Waals surface area contributed by atoms with Crippen LogP contribution in [0.4, 0.5) is 13.2 Å². The van der Waals surface area contributed by atoms with Crippen molar-refractivity contribution in [2.75, 3.05) is 0 Å². The van der Waals surface area contributed by atoms with Crippen LogP contribution in [-0.4, -0.2) is 15.4 Å². The molecule has 1 N–H and O–H groups in total. The van der Waals surface area contributed by atoms with Crippen LogP contribution in [0.1, 0.15) is 22.8 Å². The second-order valence-electron chi connectivity index (χ2n) is 6.11. The normalized spacial score (nSPS) is 17.4. The second-order valence-corrected chi connectivity index (χ2v) is 6.94. The first-order chi connectivity index (χ1) is 12.9. The zero-order chi connectivity index (χ0) is 19.2. The summed E-state index contributed by atoms with van der Waals surface area (Å²) in [4.78, 5) is 0.645. The molecule has 1 aliphatic rings. The van der Waals surface area contributed by atoms with Crippen LogP contribution in [0.2, 0.25) is 0 Å². The van der Waals surface area contributed by atoms with Crippen molar-refractivity contribution in [2.45, 2.75) is 18.4 Å². The standard InChI is InChI=1S/C19H11F3N2O2S/c20-11-5-10(9-23)6-12(7-11)26-15-2-1-13(16-3-4-24-27-16)17-14(15)8-19(21,22)18(17)25/h1-7,18,25H,8H2. The molecule has 0 bridgehead atoms. The summed E-state index contributed by atoms with van der Waals surface area (Å²) in [5, 5.41) is 19.1. The number of halogens is 3. The Balaban J connectivity index is 1.83. The molecule has 0 saturated heterocycles. The molecular formula is C19H11F3N2O2S. The third kappa shape index (κ3) is 3.05. The van der Waals surface area contributed by atoms with E-state index in [9.17, 15) is 18.3 Å². The Morgan fingerprint density at radius 1 is 1.26 bits per heavy atom. The fourth-order valence-electron chi connectivity index (χ4n) is 3.16. The average Bonchev–Trinajstić information content (AvgIpc) is 3.23. The van der Waals surface area contributed by atoms with E-state index in [2.05, 4.69) is 4.37 Å². The lowest BCUT2D eigenvalue weighted by molar-refractivity contribution is -0.0966. The van der Waals surface area contributed by atoms with Crippen molar-refractivity contribution in [3.8, 4) is 28.0 Å². The van der Waals surface area contributed by atoms with Crippen LogP contribution in [-0.2, 0) is 6.42 Å². The van der Waals surface area contributed by atoms with Gasteiger partial charge < -0.3 is 9.84 Å². The molecule has 2 aromatic carbocycles. The van der Waals surface area contributed by atoms with Gasteiger partial charge in [-0.2, -0.15) is 5.26 Å². The summed E-state index contributed by atoms with van der Waals surface area (Å²) in [5.74, 6) is -3.92. The fraction of sp³-hybridized carbons (Fsp3) is 0.158. The summed E-state index contributed by atoms with van der Waals surface area (Å²) >= 11 is 1.13. The van der Waals surface area contributed by atoms with E-state index < -0.39 is 24.3 Å². The van der Waals surface area contributed by atoms with Gasteiger partial charge in [-0.15, -0.1) is 0 Å². The van der Waals surface area contributed by atoms with Crippen LogP contribution in [0.15, 0.2) is 42.6 Å². The molecule has 0 radical (unpaired) electrons. The highest BCUT2D eigenvalue weighted by Gasteiger charge is 2.49. The van der Waals surface area contributed by atoms with Crippen molar-refractivity contribution in [1.82, 2.24) is 4.37 Å². The van der Waals surface area contributed by atoms with Gasteiger partial charge in [0.1, 0.15) is 23.4 Å². The summed E-state index contributed by atoms with van der Waals surface area (Å²) in [6.07, 6.45) is -1.13. The Hall–Kier alpha value is -2.89. The van der Waals surface area contributed by atoms with E-state index in [1.807, 2.05) is 6.07 Å². The van der Waals surface area contributed by atoms with Gasteiger partial charge in [0.05, 0.1) is 16.5 Å². The number of hydrogen-bond donors (Lipinski definition) is 1. The first-order valence-electron chi connectivity index (χ1n) is 7.90. The lowest BCUT2D eigenvalue weighted by Gasteiger charge is -2.16. The minimum atomic E-state index is -3.35. The number of ether oxygens (including phenoxy) is 1. The van der Waals surface area contributed by atoms with Gasteiger partial charge >= 0.3 is 0 Å². The number of aromatic nitrogens is 1. The molecule has 1 aromatic heterocycles. The first-order valence-corrected chi connectivity index (χ1v) is 8.67. The quantitative estimate of drug-likeness (QED) is 0.697. The molecule has 1 heterocycles. The van der Waals surface area contributed by atoms with Crippen LogP contribution in [0, 0.1) is 17.1 Å². The lowest BCUT2D eigenvalue weighted by atomic mass is 10.00. The largest absolute Gasteiger partial charge is 0.457 e. The smallest absolute Gasteiger partial charge is 0.281 e. The maximum atomic E-state index is 14.2. The number of nitriles is 1. The molecule has 8 heteroatoms. The van der Waals surface area contributed by atoms with E-state index in [4.69, 9.17) is 10.00 Å². The Bertz CT molecular complexity index is 1060. The molecule has 0 amide bonds. The highest BCUT2D eigenvalue weighted by Crippen LogP contribution is 2.51. The lowest BCUT2D eigenvalue weighted by Crippen LogP contribution is -2.21. The number of hydrogen-bond acceptors (Lipinski definition) is 5. The van der Waals surface area contributed by atoms with Crippen molar-refractivity contribution >= 4 is 11.5 Å². The average molecular weight is 388 g/mol. The molecule has 1 aliphatic carbocycles. The molecule has 0 aliphatic heterocycles. The molecule has 0 fully saturated rings. The van der Waals surface area contributed by atoms with Crippen LogP contribution < -0.4 is 4.74 Å². The summed E-state index contributed by atoms with van der Waals surface area (Å²) in [5.41, 5.74) is 0.745. The van der Waals surface area contributed by atoms with E-state index in [1.54, 1.807) is 18.3 Å². The van der Waals surface area contributed by atoms with Crippen molar-refractivity contribution in [3.63, 3.8) is 0 Å². The maximum absolute atomic E-state index is 14.2. The number of alkyl halides is 2. The van der Waals surface area contributed by atoms with E-state index in [0.717, 1.165) is 23.7 Å². The predicted molar refractivity (Wildman–Crippen MR) is 92.3 cm³/mol. The topological polar surface area (TPSA) is 66.1 Å². The van der Waals surface area contributed by atoms with Gasteiger partial charge in [0.25, 0.3) is 5.92 Å². The third-order valence-corrected chi connectivity index (χ3v) is 5.11. The summed E-state index contributed by atoms with van der Waals surface area (Å²) in [6.45, 7) is 0. The minimum absolute atomic E-state index is 0.0176. The molecule has 4 nitrogen and oxygen atoms in total. The van der Waals surface area contributed by atoms with Gasteiger partial charge in [-0.3, -0.25) is 0 Å². The molecule has 27 heavy (non-hydrogen) atoms. The molecule has 4 rings (SSSR count). The third-order valence-electron chi connectivity index (χ3n) is 4.33. The van der Waals surface area contributed by atoms with Gasteiger partial charge in [0, 0.05) is 29.8 Å². The van der Waals surface area contributed by atoms with Gasteiger partial charge in [0.2, 0.25) is 0 Å². The molecular weight excluding hydrogens is 377 g/mol. The van der Waals surface area contributed by atoms with Gasteiger partial charge in [-0.1, -0.05) is 0 Å². The highest BCUT2D eigenvalue weighted by molar-refractivity contribution is 7.09. The van der Waals surface area contributed by atoms with Crippen LogP contribution in [0.5, 0.6) is 11.5 Å². The molecule has 136 valence electrons. The Morgan fingerprint density at radius 3 is 2.78 bits per heavy atom. The Morgan fingerprint density at radius 2 is 2.07 bits per heavy atom. The maximum Gasteiger partial charge on any atom is 0.281 e. The Kier molecular flexibility index (Phi) is 4.13. The fourth-order valence-corrected chi connectivity index (χ4v) is 3.79. The van der Waals surface area contributed by atoms with E-state index >= 15 is 0 Å². The van der Waals surface area contributed by atoms with Crippen molar-refractivity contribution in [3.05, 3.63) is 65.1 Å². The first kappa shape index (κ1) is 17.5. The Labute approximate surface area is 156 Å². The zero-order valence-corrected chi connectivity index (χ0v) is 14.4. The predicted octanol–water partition coefficient (Wildman–Crippen LogP) is 4.84. The van der Waals surface area contributed by atoms with Crippen LogP contribution in [0.3, 0.4) is 0 Å².